The predicted molar refractivity (Wildman–Crippen MR) is 63.7 cm³/mol. The maximum absolute atomic E-state index is 10.9. The molecule has 0 aliphatic carbocycles. The molecule has 17 heavy (non-hydrogen) atoms. The molecule has 1 aromatic carbocycles. The molecule has 0 fully saturated rings. The van der Waals surface area contributed by atoms with Gasteiger partial charge in [0, 0.05) is 16.9 Å². The van der Waals surface area contributed by atoms with Gasteiger partial charge in [-0.3, -0.25) is 0 Å². The average Bonchev–Trinajstić information content (AvgIpc) is 2.29. The summed E-state index contributed by atoms with van der Waals surface area (Å²) in [6, 6.07) is 6.92. The molecule has 0 aliphatic rings. The third-order valence-corrected chi connectivity index (χ3v) is 2.27. The predicted octanol–water partition coefficient (Wildman–Crippen LogP) is 2.57. The fraction of sp³-hybridized carbons (Fsp3) is 0. The van der Waals surface area contributed by atoms with Crippen LogP contribution in [0.2, 0.25) is 5.02 Å². The normalized spacial score (nSPS) is 9.94. The van der Waals surface area contributed by atoms with E-state index in [1.54, 1.807) is 24.3 Å². The van der Waals surface area contributed by atoms with Crippen LogP contribution in [-0.4, -0.2) is 21.0 Å². The number of carboxylic acid groups (broad SMARTS) is 1. The van der Waals surface area contributed by atoms with E-state index in [0.29, 0.717) is 10.7 Å². The lowest BCUT2D eigenvalue weighted by molar-refractivity contribution is 0.0697. The van der Waals surface area contributed by atoms with Gasteiger partial charge in [0.15, 0.2) is 0 Å². The molecular weight excluding hydrogens is 242 g/mol. The van der Waals surface area contributed by atoms with Crippen LogP contribution in [0.15, 0.2) is 36.8 Å². The minimum Gasteiger partial charge on any atom is -0.477 e. The summed E-state index contributed by atoms with van der Waals surface area (Å²) in [5.41, 5.74) is 0.672. The van der Waals surface area contributed by atoms with Gasteiger partial charge in [-0.25, -0.2) is 14.8 Å². The van der Waals surface area contributed by atoms with Gasteiger partial charge in [0.25, 0.3) is 0 Å². The van der Waals surface area contributed by atoms with E-state index in [1.165, 1.54) is 12.5 Å². The highest BCUT2D eigenvalue weighted by atomic mass is 35.5. The van der Waals surface area contributed by atoms with Crippen LogP contribution in [0.3, 0.4) is 0 Å². The summed E-state index contributed by atoms with van der Waals surface area (Å²) < 4.78 is 0. The number of nitrogens with zero attached hydrogens (tertiary/aromatic N) is 2. The van der Waals surface area contributed by atoms with Crippen LogP contribution in [0.1, 0.15) is 10.4 Å². The number of carbonyl (C=O) groups is 1. The number of hydrogen-bond donors (Lipinski definition) is 2. The number of hydrogen-bond acceptors (Lipinski definition) is 4. The first-order valence-electron chi connectivity index (χ1n) is 4.72. The lowest BCUT2D eigenvalue weighted by Crippen LogP contribution is -2.05. The largest absolute Gasteiger partial charge is 0.477 e. The summed E-state index contributed by atoms with van der Waals surface area (Å²) in [5, 5.41) is 12.4. The van der Waals surface area contributed by atoms with Crippen molar-refractivity contribution in [2.75, 3.05) is 5.32 Å². The van der Waals surface area contributed by atoms with Crippen molar-refractivity contribution < 1.29 is 9.90 Å². The van der Waals surface area contributed by atoms with Gasteiger partial charge < -0.3 is 10.4 Å². The van der Waals surface area contributed by atoms with Crippen LogP contribution in [0.5, 0.6) is 0 Å². The number of benzene rings is 1. The molecule has 0 aliphatic heterocycles. The van der Waals surface area contributed by atoms with Gasteiger partial charge in [-0.1, -0.05) is 17.7 Å². The van der Waals surface area contributed by atoms with E-state index in [9.17, 15) is 4.79 Å². The third-order valence-electron chi connectivity index (χ3n) is 2.03. The van der Waals surface area contributed by atoms with E-state index >= 15 is 0 Å². The molecule has 5 nitrogen and oxygen atoms in total. The van der Waals surface area contributed by atoms with Gasteiger partial charge >= 0.3 is 5.97 Å². The Hall–Kier alpha value is -2.14. The number of rotatable bonds is 3. The Balaban J connectivity index is 2.33. The van der Waals surface area contributed by atoms with Crippen molar-refractivity contribution in [1.29, 1.82) is 0 Å². The summed E-state index contributed by atoms with van der Waals surface area (Å²) in [5.74, 6) is -0.857. The Morgan fingerprint density at radius 2 is 2.24 bits per heavy atom. The molecule has 2 N–H and O–H groups in total. The quantitative estimate of drug-likeness (QED) is 0.874. The maximum atomic E-state index is 10.9. The molecule has 0 radical (unpaired) electrons. The third kappa shape index (κ3) is 2.70. The highest BCUT2D eigenvalue weighted by molar-refractivity contribution is 6.30. The monoisotopic (exact) mass is 249 g/mol. The topological polar surface area (TPSA) is 75.1 Å². The summed E-state index contributed by atoms with van der Waals surface area (Å²) in [6.07, 6.45) is 2.52. The molecule has 0 bridgehead atoms. The average molecular weight is 250 g/mol. The standard InChI is InChI=1S/C11H8ClN3O2/c12-7-2-1-3-8(4-7)15-10-9(11(16)17)5-13-6-14-10/h1-6H,(H,16,17)(H,13,14,15). The van der Waals surface area contributed by atoms with Crippen molar-refractivity contribution in [2.24, 2.45) is 0 Å². The molecule has 0 amide bonds. The second kappa shape index (κ2) is 4.80. The first-order chi connectivity index (χ1) is 8.16. The van der Waals surface area contributed by atoms with Gasteiger partial charge in [0.1, 0.15) is 17.7 Å². The van der Waals surface area contributed by atoms with Crippen molar-refractivity contribution >= 4 is 29.1 Å². The fourth-order valence-electron chi connectivity index (χ4n) is 1.29. The van der Waals surface area contributed by atoms with Crippen molar-refractivity contribution in [1.82, 2.24) is 9.97 Å². The first kappa shape index (κ1) is 11.3. The Kier molecular flexibility index (Phi) is 3.20. The first-order valence-corrected chi connectivity index (χ1v) is 5.10. The van der Waals surface area contributed by atoms with Crippen LogP contribution < -0.4 is 5.32 Å². The highest BCUT2D eigenvalue weighted by Gasteiger charge is 2.11. The highest BCUT2D eigenvalue weighted by Crippen LogP contribution is 2.20. The van der Waals surface area contributed by atoms with E-state index < -0.39 is 5.97 Å². The Bertz CT molecular complexity index is 560. The molecule has 0 spiro atoms. The molecule has 6 heteroatoms. The smallest absolute Gasteiger partial charge is 0.341 e. The zero-order valence-electron chi connectivity index (χ0n) is 8.59. The second-order valence-electron chi connectivity index (χ2n) is 3.23. The molecule has 0 saturated carbocycles. The number of anilines is 2. The van der Waals surface area contributed by atoms with Crippen LogP contribution in [0, 0.1) is 0 Å². The lowest BCUT2D eigenvalue weighted by Gasteiger charge is -2.07. The number of halogens is 1. The minimum atomic E-state index is -1.09. The number of aromatic carboxylic acids is 1. The molecular formula is C11H8ClN3O2. The Labute approximate surface area is 102 Å². The fourth-order valence-corrected chi connectivity index (χ4v) is 1.48. The van der Waals surface area contributed by atoms with Crippen LogP contribution in [0.4, 0.5) is 11.5 Å². The molecule has 86 valence electrons. The summed E-state index contributed by atoms with van der Waals surface area (Å²) >= 11 is 5.82. The zero-order valence-corrected chi connectivity index (χ0v) is 9.35. The summed E-state index contributed by atoms with van der Waals surface area (Å²) in [6.45, 7) is 0. The Morgan fingerprint density at radius 1 is 1.41 bits per heavy atom. The number of aromatic nitrogens is 2. The SMILES string of the molecule is O=C(O)c1cncnc1Nc1cccc(Cl)c1. The van der Waals surface area contributed by atoms with Gasteiger partial charge in [0.2, 0.25) is 0 Å². The van der Waals surface area contributed by atoms with E-state index in [-0.39, 0.29) is 11.4 Å². The van der Waals surface area contributed by atoms with E-state index in [0.717, 1.165) is 0 Å². The molecule has 2 rings (SSSR count). The summed E-state index contributed by atoms with van der Waals surface area (Å²) in [7, 11) is 0. The van der Waals surface area contributed by atoms with E-state index in [4.69, 9.17) is 16.7 Å². The van der Waals surface area contributed by atoms with Crippen molar-refractivity contribution in [3.63, 3.8) is 0 Å². The van der Waals surface area contributed by atoms with Crippen LogP contribution in [0.25, 0.3) is 0 Å². The molecule has 0 unspecified atom stereocenters. The lowest BCUT2D eigenvalue weighted by atomic mass is 10.3. The van der Waals surface area contributed by atoms with Crippen LogP contribution >= 0.6 is 11.6 Å². The van der Waals surface area contributed by atoms with Crippen LogP contribution in [-0.2, 0) is 0 Å². The van der Waals surface area contributed by atoms with Crippen molar-refractivity contribution in [3.05, 3.63) is 47.4 Å². The Morgan fingerprint density at radius 3 is 2.94 bits per heavy atom. The number of nitrogens with one attached hydrogen (secondary N) is 1. The van der Waals surface area contributed by atoms with Crippen molar-refractivity contribution in [2.45, 2.75) is 0 Å². The minimum absolute atomic E-state index is 0.00692. The van der Waals surface area contributed by atoms with E-state index in [1.807, 2.05) is 0 Å². The maximum Gasteiger partial charge on any atom is 0.341 e. The molecule has 1 heterocycles. The molecule has 0 saturated heterocycles. The van der Waals surface area contributed by atoms with Crippen molar-refractivity contribution in [3.8, 4) is 0 Å². The number of carboxylic acids is 1. The summed E-state index contributed by atoms with van der Waals surface area (Å²) in [4.78, 5) is 18.5. The van der Waals surface area contributed by atoms with Gasteiger partial charge in [-0.05, 0) is 18.2 Å². The molecule has 2 aromatic rings. The molecule has 0 atom stereocenters. The zero-order chi connectivity index (χ0) is 12.3. The second-order valence-corrected chi connectivity index (χ2v) is 3.66. The van der Waals surface area contributed by atoms with Gasteiger partial charge in [-0.15, -0.1) is 0 Å². The van der Waals surface area contributed by atoms with Gasteiger partial charge in [0.05, 0.1) is 0 Å². The van der Waals surface area contributed by atoms with E-state index in [2.05, 4.69) is 15.3 Å². The molecule has 1 aromatic heterocycles. The van der Waals surface area contributed by atoms with Gasteiger partial charge in [-0.2, -0.15) is 0 Å².